The van der Waals surface area contributed by atoms with Gasteiger partial charge in [-0.25, -0.2) is 12.8 Å². The Bertz CT molecular complexity index is 501. The van der Waals surface area contributed by atoms with Gasteiger partial charge in [-0.05, 0) is 30.7 Å². The second kappa shape index (κ2) is 5.59. The second-order valence-corrected chi connectivity index (χ2v) is 7.56. The summed E-state index contributed by atoms with van der Waals surface area (Å²) < 4.78 is 39.0. The van der Waals surface area contributed by atoms with Crippen molar-refractivity contribution in [2.45, 2.75) is 23.5 Å². The van der Waals surface area contributed by atoms with E-state index in [0.29, 0.717) is 18.3 Å². The number of rotatable bonds is 3. The van der Waals surface area contributed by atoms with Crippen LogP contribution in [0.1, 0.15) is 13.3 Å². The van der Waals surface area contributed by atoms with Gasteiger partial charge < -0.3 is 0 Å². The first-order valence-electron chi connectivity index (χ1n) is 5.91. The van der Waals surface area contributed by atoms with Crippen LogP contribution in [0.2, 0.25) is 0 Å². The number of benzene rings is 1. The third-order valence-electron chi connectivity index (χ3n) is 3.01. The molecule has 0 spiro atoms. The summed E-state index contributed by atoms with van der Waals surface area (Å²) in [5.74, 6) is 0.397. The zero-order valence-electron chi connectivity index (χ0n) is 10.2. The maximum atomic E-state index is 12.8. The Kier molecular flexibility index (Phi) is 4.29. The quantitative estimate of drug-likeness (QED) is 0.857. The van der Waals surface area contributed by atoms with E-state index in [1.54, 1.807) is 0 Å². The van der Waals surface area contributed by atoms with Gasteiger partial charge in [-0.15, -0.1) is 0 Å². The first-order valence-corrected chi connectivity index (χ1v) is 8.40. The zero-order valence-corrected chi connectivity index (χ0v) is 11.8. The summed E-state index contributed by atoms with van der Waals surface area (Å²) in [6.07, 6.45) is 0.958. The molecule has 1 heterocycles. The maximum Gasteiger partial charge on any atom is 0.243 e. The van der Waals surface area contributed by atoms with Gasteiger partial charge in [0.1, 0.15) is 5.82 Å². The molecule has 0 saturated carbocycles. The van der Waals surface area contributed by atoms with Gasteiger partial charge in [-0.2, -0.15) is 16.1 Å². The minimum absolute atomic E-state index is 0.172. The van der Waals surface area contributed by atoms with Crippen molar-refractivity contribution in [3.63, 3.8) is 0 Å². The Balaban J connectivity index is 2.22. The van der Waals surface area contributed by atoms with Crippen LogP contribution in [-0.2, 0) is 10.0 Å². The molecule has 2 rings (SSSR count). The highest BCUT2D eigenvalue weighted by molar-refractivity contribution is 8.00. The lowest BCUT2D eigenvalue weighted by molar-refractivity contribution is 0.416. The van der Waals surface area contributed by atoms with Gasteiger partial charge in [0.2, 0.25) is 10.0 Å². The van der Waals surface area contributed by atoms with Crippen molar-refractivity contribution in [1.82, 2.24) is 4.31 Å². The molecule has 0 bridgehead atoms. The Morgan fingerprint density at radius 3 is 2.67 bits per heavy atom. The van der Waals surface area contributed by atoms with Gasteiger partial charge in [0.05, 0.1) is 4.90 Å². The summed E-state index contributed by atoms with van der Waals surface area (Å²) in [4.78, 5) is 0.172. The fourth-order valence-corrected chi connectivity index (χ4v) is 4.79. The summed E-state index contributed by atoms with van der Waals surface area (Å²) in [5.41, 5.74) is 0. The zero-order chi connectivity index (χ0) is 13.2. The fourth-order valence-electron chi connectivity index (χ4n) is 1.91. The third kappa shape index (κ3) is 2.87. The minimum atomic E-state index is -3.47. The minimum Gasteiger partial charge on any atom is -0.207 e. The number of nitrogens with zero attached hydrogens (tertiary/aromatic N) is 1. The van der Waals surface area contributed by atoms with Gasteiger partial charge in [-0.1, -0.05) is 6.92 Å². The van der Waals surface area contributed by atoms with Crippen LogP contribution in [0.5, 0.6) is 0 Å². The Morgan fingerprint density at radius 2 is 2.06 bits per heavy atom. The van der Waals surface area contributed by atoms with Crippen LogP contribution in [-0.4, -0.2) is 36.8 Å². The molecule has 0 amide bonds. The monoisotopic (exact) mass is 289 g/mol. The summed E-state index contributed by atoms with van der Waals surface area (Å²) in [6, 6.07) is 5.02. The molecule has 1 fully saturated rings. The van der Waals surface area contributed by atoms with Crippen LogP contribution in [0.4, 0.5) is 4.39 Å². The second-order valence-electron chi connectivity index (χ2n) is 4.22. The van der Waals surface area contributed by atoms with E-state index in [2.05, 4.69) is 6.92 Å². The van der Waals surface area contributed by atoms with E-state index in [9.17, 15) is 12.8 Å². The predicted octanol–water partition coefficient (Wildman–Crippen LogP) is 2.34. The van der Waals surface area contributed by atoms with Crippen molar-refractivity contribution in [2.75, 3.05) is 18.8 Å². The van der Waals surface area contributed by atoms with Crippen LogP contribution >= 0.6 is 11.8 Å². The van der Waals surface area contributed by atoms with E-state index in [1.165, 1.54) is 28.6 Å². The van der Waals surface area contributed by atoms with Crippen molar-refractivity contribution < 1.29 is 12.8 Å². The van der Waals surface area contributed by atoms with E-state index in [0.717, 1.165) is 12.2 Å². The molecule has 1 unspecified atom stereocenters. The van der Waals surface area contributed by atoms with Gasteiger partial charge in [0, 0.05) is 24.1 Å². The van der Waals surface area contributed by atoms with Crippen molar-refractivity contribution in [2.24, 2.45) is 0 Å². The highest BCUT2D eigenvalue weighted by atomic mass is 32.2. The third-order valence-corrected chi connectivity index (χ3v) is 6.26. The molecule has 1 aliphatic rings. The number of halogens is 1. The molecular weight excluding hydrogens is 273 g/mol. The van der Waals surface area contributed by atoms with E-state index >= 15 is 0 Å². The Morgan fingerprint density at radius 1 is 1.39 bits per heavy atom. The van der Waals surface area contributed by atoms with E-state index in [4.69, 9.17) is 0 Å². The van der Waals surface area contributed by atoms with Crippen LogP contribution in [0, 0.1) is 5.82 Å². The van der Waals surface area contributed by atoms with Gasteiger partial charge in [-0.3, -0.25) is 0 Å². The van der Waals surface area contributed by atoms with Crippen LogP contribution in [0.25, 0.3) is 0 Å². The average molecular weight is 289 g/mol. The number of hydrogen-bond acceptors (Lipinski definition) is 3. The summed E-state index contributed by atoms with van der Waals surface area (Å²) in [7, 11) is -3.47. The molecule has 6 heteroatoms. The molecule has 1 atom stereocenters. The molecule has 1 aromatic carbocycles. The molecule has 0 radical (unpaired) electrons. The molecular formula is C12H16FNO2S2. The standard InChI is InChI=1S/C12H16FNO2S2/c1-2-11-9-14(7-8-17-11)18(15,16)12-5-3-10(13)4-6-12/h3-6,11H,2,7-9H2,1H3. The Hall–Kier alpha value is -0.590. The first kappa shape index (κ1) is 13.8. The number of thioether (sulfide) groups is 1. The molecule has 0 aromatic heterocycles. The lowest BCUT2D eigenvalue weighted by atomic mass is 10.3. The molecule has 18 heavy (non-hydrogen) atoms. The van der Waals surface area contributed by atoms with Crippen molar-refractivity contribution in [3.05, 3.63) is 30.1 Å². The molecule has 100 valence electrons. The highest BCUT2D eigenvalue weighted by Gasteiger charge is 2.29. The van der Waals surface area contributed by atoms with Gasteiger partial charge in [0.25, 0.3) is 0 Å². The lowest BCUT2D eigenvalue weighted by Gasteiger charge is -2.31. The first-order chi connectivity index (χ1) is 8.54. The van der Waals surface area contributed by atoms with Gasteiger partial charge >= 0.3 is 0 Å². The lowest BCUT2D eigenvalue weighted by Crippen LogP contribution is -2.41. The Labute approximate surface area is 111 Å². The molecule has 1 saturated heterocycles. The number of sulfonamides is 1. The normalized spacial score (nSPS) is 22.0. The SMILES string of the molecule is CCC1CN(S(=O)(=O)c2ccc(F)cc2)CCS1. The molecule has 1 aromatic rings. The van der Waals surface area contributed by atoms with Crippen LogP contribution in [0.15, 0.2) is 29.2 Å². The van der Waals surface area contributed by atoms with Crippen molar-refractivity contribution in [3.8, 4) is 0 Å². The molecule has 1 aliphatic heterocycles. The topological polar surface area (TPSA) is 37.4 Å². The molecule has 3 nitrogen and oxygen atoms in total. The van der Waals surface area contributed by atoms with Crippen LogP contribution in [0.3, 0.4) is 0 Å². The summed E-state index contributed by atoms with van der Waals surface area (Å²) in [6.45, 7) is 3.13. The van der Waals surface area contributed by atoms with Crippen molar-refractivity contribution >= 4 is 21.8 Å². The largest absolute Gasteiger partial charge is 0.243 e. The fraction of sp³-hybridized carbons (Fsp3) is 0.500. The van der Waals surface area contributed by atoms with E-state index in [1.807, 2.05) is 11.8 Å². The van der Waals surface area contributed by atoms with Gasteiger partial charge in [0.15, 0.2) is 0 Å². The highest BCUT2D eigenvalue weighted by Crippen LogP contribution is 2.26. The smallest absolute Gasteiger partial charge is 0.207 e. The summed E-state index contributed by atoms with van der Waals surface area (Å²) >= 11 is 1.81. The van der Waals surface area contributed by atoms with Crippen LogP contribution < -0.4 is 0 Å². The average Bonchev–Trinajstić information content (AvgIpc) is 2.39. The maximum absolute atomic E-state index is 12.8. The molecule has 0 aliphatic carbocycles. The molecule has 0 N–H and O–H groups in total. The van der Waals surface area contributed by atoms with Crippen molar-refractivity contribution in [1.29, 1.82) is 0 Å². The summed E-state index contributed by atoms with van der Waals surface area (Å²) in [5, 5.41) is 0.356. The van der Waals surface area contributed by atoms with E-state index in [-0.39, 0.29) is 4.90 Å². The predicted molar refractivity (Wildman–Crippen MR) is 71.7 cm³/mol. The van der Waals surface area contributed by atoms with E-state index < -0.39 is 15.8 Å². The number of hydrogen-bond donors (Lipinski definition) is 0.